The fourth-order valence-electron chi connectivity index (χ4n) is 2.23. The zero-order chi connectivity index (χ0) is 15.0. The molecule has 2 aromatic carbocycles. The monoisotopic (exact) mass is 284 g/mol. The largest absolute Gasteiger partial charge is 0.478 e. The number of aromatic carboxylic acids is 1. The summed E-state index contributed by atoms with van der Waals surface area (Å²) in [6.07, 6.45) is 0. The summed E-state index contributed by atoms with van der Waals surface area (Å²) in [5.41, 5.74) is 8.31. The number of fused-ring (bicyclic) bond motifs is 1. The quantitative estimate of drug-likeness (QED) is 0.716. The first kappa shape index (κ1) is 13.0. The van der Waals surface area contributed by atoms with E-state index in [1.54, 1.807) is 30.3 Å². The van der Waals surface area contributed by atoms with Crippen molar-refractivity contribution < 1.29 is 14.3 Å². The van der Waals surface area contributed by atoms with Gasteiger partial charge in [-0.2, -0.15) is 0 Å². The maximum absolute atomic E-state index is 11.9. The van der Waals surface area contributed by atoms with Gasteiger partial charge in [-0.05, 0) is 29.8 Å². The van der Waals surface area contributed by atoms with Crippen LogP contribution in [0.4, 0.5) is 5.69 Å². The van der Waals surface area contributed by atoms with E-state index in [1.165, 1.54) is 16.7 Å². The van der Waals surface area contributed by atoms with Crippen LogP contribution in [0, 0.1) is 0 Å². The highest BCUT2D eigenvalue weighted by molar-refractivity contribution is 5.87. The number of para-hydroxylation sites is 1. The van der Waals surface area contributed by atoms with Crippen molar-refractivity contribution in [2.45, 2.75) is 6.54 Å². The van der Waals surface area contributed by atoms with E-state index in [0.717, 1.165) is 5.56 Å². The van der Waals surface area contributed by atoms with E-state index in [-0.39, 0.29) is 12.1 Å². The molecule has 0 saturated heterocycles. The fraction of sp³-hybridized carbons (Fsp3) is 0.0667. The molecule has 0 fully saturated rings. The van der Waals surface area contributed by atoms with E-state index in [9.17, 15) is 9.59 Å². The number of carboxylic acids is 1. The molecule has 0 spiro atoms. The SMILES string of the molecule is Nc1cccc2oc(=O)n(Cc3ccc(C(=O)O)cc3)c12. The lowest BCUT2D eigenvalue weighted by Gasteiger charge is -2.05. The first-order valence-electron chi connectivity index (χ1n) is 6.26. The van der Waals surface area contributed by atoms with Gasteiger partial charge in [-0.3, -0.25) is 4.57 Å². The third-order valence-corrected chi connectivity index (χ3v) is 3.26. The van der Waals surface area contributed by atoms with E-state index in [4.69, 9.17) is 15.3 Å². The molecule has 0 radical (unpaired) electrons. The zero-order valence-corrected chi connectivity index (χ0v) is 10.9. The van der Waals surface area contributed by atoms with Crippen molar-refractivity contribution in [3.05, 3.63) is 64.1 Å². The number of aromatic nitrogens is 1. The molecule has 0 unspecified atom stereocenters. The number of anilines is 1. The van der Waals surface area contributed by atoms with Gasteiger partial charge < -0.3 is 15.3 Å². The molecule has 0 aliphatic carbocycles. The fourth-order valence-corrected chi connectivity index (χ4v) is 2.23. The second-order valence-corrected chi connectivity index (χ2v) is 4.65. The van der Waals surface area contributed by atoms with E-state index in [1.807, 2.05) is 0 Å². The first-order chi connectivity index (χ1) is 10.1. The molecule has 0 aliphatic rings. The van der Waals surface area contributed by atoms with Crippen LogP contribution in [0.1, 0.15) is 15.9 Å². The summed E-state index contributed by atoms with van der Waals surface area (Å²) < 4.78 is 6.58. The van der Waals surface area contributed by atoms with Gasteiger partial charge in [-0.15, -0.1) is 0 Å². The molecule has 21 heavy (non-hydrogen) atoms. The number of rotatable bonds is 3. The van der Waals surface area contributed by atoms with Gasteiger partial charge in [0.25, 0.3) is 0 Å². The average molecular weight is 284 g/mol. The van der Waals surface area contributed by atoms with Crippen LogP contribution < -0.4 is 11.5 Å². The lowest BCUT2D eigenvalue weighted by Crippen LogP contribution is -2.15. The second kappa shape index (κ2) is 4.82. The van der Waals surface area contributed by atoms with Crippen LogP contribution in [-0.2, 0) is 6.54 Å². The van der Waals surface area contributed by atoms with Crippen LogP contribution in [0.2, 0.25) is 0 Å². The third-order valence-electron chi connectivity index (χ3n) is 3.26. The summed E-state index contributed by atoms with van der Waals surface area (Å²) in [6.45, 7) is 0.264. The van der Waals surface area contributed by atoms with Crippen LogP contribution >= 0.6 is 0 Å². The summed E-state index contributed by atoms with van der Waals surface area (Å²) in [6, 6.07) is 11.4. The van der Waals surface area contributed by atoms with Crippen LogP contribution in [0.3, 0.4) is 0 Å². The molecule has 3 aromatic rings. The zero-order valence-electron chi connectivity index (χ0n) is 10.9. The Bertz CT molecular complexity index is 875. The van der Waals surface area contributed by atoms with E-state index in [2.05, 4.69) is 0 Å². The van der Waals surface area contributed by atoms with Crippen molar-refractivity contribution in [3.63, 3.8) is 0 Å². The summed E-state index contributed by atoms with van der Waals surface area (Å²) >= 11 is 0. The van der Waals surface area contributed by atoms with E-state index in [0.29, 0.717) is 16.8 Å². The topological polar surface area (TPSA) is 98.5 Å². The molecule has 1 heterocycles. The minimum absolute atomic E-state index is 0.197. The summed E-state index contributed by atoms with van der Waals surface area (Å²) in [5, 5.41) is 8.87. The molecule has 0 amide bonds. The number of benzene rings is 2. The lowest BCUT2D eigenvalue weighted by atomic mass is 10.1. The van der Waals surface area contributed by atoms with Crippen molar-refractivity contribution in [1.29, 1.82) is 0 Å². The molecule has 0 atom stereocenters. The Kier molecular flexibility index (Phi) is 2.98. The average Bonchev–Trinajstić information content (AvgIpc) is 2.77. The van der Waals surface area contributed by atoms with Crippen molar-refractivity contribution in [2.75, 3.05) is 5.73 Å². The molecule has 3 N–H and O–H groups in total. The standard InChI is InChI=1S/C15H12N2O4/c16-11-2-1-3-12-13(11)17(15(20)21-12)8-9-4-6-10(7-5-9)14(18)19/h1-7H,8,16H2,(H,18,19). The molecule has 6 heteroatoms. The minimum Gasteiger partial charge on any atom is -0.478 e. The second-order valence-electron chi connectivity index (χ2n) is 4.65. The van der Waals surface area contributed by atoms with Gasteiger partial charge >= 0.3 is 11.7 Å². The molecule has 1 aromatic heterocycles. The number of nitrogen functional groups attached to an aromatic ring is 1. The molecule has 106 valence electrons. The van der Waals surface area contributed by atoms with Crippen LogP contribution in [0.25, 0.3) is 11.1 Å². The van der Waals surface area contributed by atoms with Gasteiger partial charge in [0, 0.05) is 0 Å². The van der Waals surface area contributed by atoms with Gasteiger partial charge in [0.15, 0.2) is 5.58 Å². The highest BCUT2D eigenvalue weighted by Gasteiger charge is 2.12. The number of nitrogens with two attached hydrogens (primary N) is 1. The highest BCUT2D eigenvalue weighted by atomic mass is 16.4. The Labute approximate surface area is 119 Å². The van der Waals surface area contributed by atoms with Crippen molar-refractivity contribution >= 4 is 22.8 Å². The summed E-state index contributed by atoms with van der Waals surface area (Å²) in [5.74, 6) is -1.48. The van der Waals surface area contributed by atoms with Crippen LogP contribution in [0.15, 0.2) is 51.7 Å². The van der Waals surface area contributed by atoms with Gasteiger partial charge in [0.1, 0.15) is 5.52 Å². The number of carbonyl (C=O) groups is 1. The van der Waals surface area contributed by atoms with E-state index < -0.39 is 11.7 Å². The normalized spacial score (nSPS) is 10.9. The number of carboxylic acid groups (broad SMARTS) is 1. The molecule has 3 rings (SSSR count). The highest BCUT2D eigenvalue weighted by Crippen LogP contribution is 2.20. The van der Waals surface area contributed by atoms with E-state index >= 15 is 0 Å². The molecule has 0 aliphatic heterocycles. The van der Waals surface area contributed by atoms with Gasteiger partial charge in [-0.25, -0.2) is 9.59 Å². The Morgan fingerprint density at radius 1 is 1.19 bits per heavy atom. The van der Waals surface area contributed by atoms with Crippen molar-refractivity contribution in [3.8, 4) is 0 Å². The van der Waals surface area contributed by atoms with Crippen LogP contribution in [-0.4, -0.2) is 15.6 Å². The number of nitrogens with zero attached hydrogens (tertiary/aromatic N) is 1. The van der Waals surface area contributed by atoms with Crippen molar-refractivity contribution in [1.82, 2.24) is 4.57 Å². The van der Waals surface area contributed by atoms with Gasteiger partial charge in [0.2, 0.25) is 0 Å². The smallest absolute Gasteiger partial charge is 0.420 e. The lowest BCUT2D eigenvalue weighted by molar-refractivity contribution is 0.0697. The number of hydrogen-bond donors (Lipinski definition) is 2. The molecule has 0 bridgehead atoms. The maximum atomic E-state index is 11.9. The Balaban J connectivity index is 2.04. The number of oxazole rings is 1. The minimum atomic E-state index is -0.989. The predicted octanol–water partition coefficient (Wildman–Crippen LogP) is 1.92. The summed E-state index contributed by atoms with van der Waals surface area (Å²) in [7, 11) is 0. The predicted molar refractivity (Wildman–Crippen MR) is 77.4 cm³/mol. The van der Waals surface area contributed by atoms with Gasteiger partial charge in [0.05, 0.1) is 17.8 Å². The van der Waals surface area contributed by atoms with Crippen molar-refractivity contribution in [2.24, 2.45) is 0 Å². The Morgan fingerprint density at radius 3 is 2.57 bits per heavy atom. The molecule has 0 saturated carbocycles. The molecule has 6 nitrogen and oxygen atoms in total. The summed E-state index contributed by atoms with van der Waals surface area (Å²) in [4.78, 5) is 22.7. The number of hydrogen-bond acceptors (Lipinski definition) is 4. The van der Waals surface area contributed by atoms with Gasteiger partial charge in [-0.1, -0.05) is 18.2 Å². The maximum Gasteiger partial charge on any atom is 0.420 e. The van der Waals surface area contributed by atoms with Crippen LogP contribution in [0.5, 0.6) is 0 Å². The Hall–Kier alpha value is -3.02. The third kappa shape index (κ3) is 2.27. The molecular weight excluding hydrogens is 272 g/mol. The Morgan fingerprint density at radius 2 is 1.90 bits per heavy atom. The molecular formula is C15H12N2O4. The first-order valence-corrected chi connectivity index (χ1v) is 6.26.